The van der Waals surface area contributed by atoms with Crippen LogP contribution in [0.25, 0.3) is 11.1 Å². The average molecular weight is 246 g/mol. The molecule has 0 saturated carbocycles. The molecule has 0 saturated heterocycles. The van der Waals surface area contributed by atoms with Crippen molar-refractivity contribution < 1.29 is 8.76 Å². The summed E-state index contributed by atoms with van der Waals surface area (Å²) in [6.07, 6.45) is 0. The number of nitrogens with one attached hydrogen (secondary N) is 1. The molecule has 0 radical (unpaired) electrons. The topological polar surface area (TPSA) is 52.2 Å². The molecule has 17 heavy (non-hydrogen) atoms. The molecule has 0 aromatic heterocycles. The van der Waals surface area contributed by atoms with Crippen LogP contribution >= 0.6 is 0 Å². The molecule has 1 atom stereocenters. The molecule has 0 spiro atoms. The van der Waals surface area contributed by atoms with Crippen molar-refractivity contribution >= 4 is 16.8 Å². The number of hydrogen-bond donors (Lipinski definition) is 1. The highest BCUT2D eigenvalue weighted by atomic mass is 32.2. The fraction of sp³-hybridized carbons (Fsp3) is 0.0769. The Hall–Kier alpha value is -1.65. The van der Waals surface area contributed by atoms with E-state index in [-0.39, 0.29) is 5.88 Å². The van der Waals surface area contributed by atoms with E-state index in [2.05, 4.69) is 5.32 Å². The van der Waals surface area contributed by atoms with Crippen LogP contribution in [0, 0.1) is 0 Å². The van der Waals surface area contributed by atoms with Crippen LogP contribution in [0.5, 0.6) is 0 Å². The minimum absolute atomic E-state index is 0.0648. The summed E-state index contributed by atoms with van der Waals surface area (Å²) in [4.78, 5) is 0. The fourth-order valence-electron chi connectivity index (χ4n) is 1.55. The molecule has 4 heteroatoms. The summed E-state index contributed by atoms with van der Waals surface area (Å²) in [6.45, 7) is 0. The van der Waals surface area contributed by atoms with Crippen LogP contribution in [-0.2, 0) is 11.1 Å². The largest absolute Gasteiger partial charge is 0.771 e. The Morgan fingerprint density at radius 3 is 2.12 bits per heavy atom. The molecule has 0 aliphatic rings. The van der Waals surface area contributed by atoms with E-state index in [9.17, 15) is 8.76 Å². The highest BCUT2D eigenvalue weighted by molar-refractivity contribution is 7.79. The summed E-state index contributed by atoms with van der Waals surface area (Å²) in [6, 6.07) is 17.7. The monoisotopic (exact) mass is 246 g/mol. The van der Waals surface area contributed by atoms with Gasteiger partial charge in [-0.1, -0.05) is 42.5 Å². The third-order valence-corrected chi connectivity index (χ3v) is 2.77. The van der Waals surface area contributed by atoms with Crippen LogP contribution in [0.2, 0.25) is 0 Å². The van der Waals surface area contributed by atoms with E-state index in [1.54, 1.807) is 0 Å². The van der Waals surface area contributed by atoms with Gasteiger partial charge in [-0.15, -0.1) is 0 Å². The van der Waals surface area contributed by atoms with Gasteiger partial charge < -0.3 is 9.87 Å². The smallest absolute Gasteiger partial charge is 0.0777 e. The first-order valence-corrected chi connectivity index (χ1v) is 6.45. The Kier molecular flexibility index (Phi) is 3.90. The second-order valence-electron chi connectivity index (χ2n) is 3.57. The average Bonchev–Trinajstić information content (AvgIpc) is 2.38. The molecule has 1 unspecified atom stereocenters. The van der Waals surface area contributed by atoms with Gasteiger partial charge in [-0.05, 0) is 34.3 Å². The fourth-order valence-corrected chi connectivity index (χ4v) is 1.84. The van der Waals surface area contributed by atoms with Crippen LogP contribution in [0.15, 0.2) is 54.6 Å². The molecule has 0 aliphatic heterocycles. The Morgan fingerprint density at radius 1 is 0.941 bits per heavy atom. The molecule has 2 aromatic rings. The molecule has 0 bridgehead atoms. The summed E-state index contributed by atoms with van der Waals surface area (Å²) in [5, 5.41) is 2.81. The normalized spacial score (nSPS) is 12.1. The van der Waals surface area contributed by atoms with Crippen molar-refractivity contribution in [1.29, 1.82) is 0 Å². The van der Waals surface area contributed by atoms with Crippen LogP contribution in [0.3, 0.4) is 0 Å². The van der Waals surface area contributed by atoms with Crippen molar-refractivity contribution in [3.8, 4) is 11.1 Å². The molecule has 2 aromatic carbocycles. The van der Waals surface area contributed by atoms with Crippen LogP contribution < -0.4 is 5.32 Å². The first-order chi connectivity index (χ1) is 8.25. The molecule has 0 fully saturated rings. The zero-order valence-corrected chi connectivity index (χ0v) is 9.94. The van der Waals surface area contributed by atoms with Gasteiger partial charge >= 0.3 is 0 Å². The molecule has 0 amide bonds. The Bertz CT molecular complexity index is 497. The van der Waals surface area contributed by atoms with Crippen molar-refractivity contribution in [3.05, 3.63) is 54.6 Å². The minimum atomic E-state index is -2.07. The Balaban J connectivity index is 2.11. The number of anilines is 1. The van der Waals surface area contributed by atoms with Gasteiger partial charge in [0.25, 0.3) is 0 Å². The van der Waals surface area contributed by atoms with Crippen molar-refractivity contribution in [1.82, 2.24) is 0 Å². The van der Waals surface area contributed by atoms with E-state index < -0.39 is 11.1 Å². The van der Waals surface area contributed by atoms with Crippen molar-refractivity contribution in [3.63, 3.8) is 0 Å². The maximum absolute atomic E-state index is 10.4. The van der Waals surface area contributed by atoms with Crippen molar-refractivity contribution in [2.45, 2.75) is 0 Å². The molecule has 1 N–H and O–H groups in total. The van der Waals surface area contributed by atoms with Crippen LogP contribution in [0.1, 0.15) is 0 Å². The molecule has 88 valence electrons. The summed E-state index contributed by atoms with van der Waals surface area (Å²) < 4.78 is 20.8. The highest BCUT2D eigenvalue weighted by Crippen LogP contribution is 2.20. The van der Waals surface area contributed by atoms with Gasteiger partial charge in [0, 0.05) is 5.69 Å². The molecule has 3 nitrogen and oxygen atoms in total. The zero-order valence-electron chi connectivity index (χ0n) is 9.13. The number of rotatable bonds is 4. The van der Waals surface area contributed by atoms with Gasteiger partial charge in [-0.25, -0.2) is 0 Å². The van der Waals surface area contributed by atoms with Gasteiger partial charge in [-0.2, -0.15) is 0 Å². The lowest BCUT2D eigenvalue weighted by Crippen LogP contribution is -2.06. The van der Waals surface area contributed by atoms with Crippen LogP contribution in [0.4, 0.5) is 5.69 Å². The number of hydrogen-bond acceptors (Lipinski definition) is 3. The van der Waals surface area contributed by atoms with Gasteiger partial charge in [-0.3, -0.25) is 4.21 Å². The minimum Gasteiger partial charge on any atom is -0.771 e. The lowest BCUT2D eigenvalue weighted by atomic mass is 10.1. The second-order valence-corrected chi connectivity index (χ2v) is 4.46. The lowest BCUT2D eigenvalue weighted by Gasteiger charge is -2.09. The van der Waals surface area contributed by atoms with Crippen LogP contribution in [-0.4, -0.2) is 14.6 Å². The summed E-state index contributed by atoms with van der Waals surface area (Å²) in [5.74, 6) is -0.0648. The summed E-state index contributed by atoms with van der Waals surface area (Å²) in [7, 11) is 0. The Morgan fingerprint density at radius 2 is 1.53 bits per heavy atom. The lowest BCUT2D eigenvalue weighted by molar-refractivity contribution is 0.539. The van der Waals surface area contributed by atoms with E-state index in [0.29, 0.717) is 0 Å². The quantitative estimate of drug-likeness (QED) is 0.844. The van der Waals surface area contributed by atoms with E-state index in [1.165, 1.54) is 0 Å². The summed E-state index contributed by atoms with van der Waals surface area (Å²) >= 11 is -2.07. The van der Waals surface area contributed by atoms with Gasteiger partial charge in [0.05, 0.1) is 5.88 Å². The Labute approximate surface area is 103 Å². The zero-order chi connectivity index (χ0) is 12.1. The highest BCUT2D eigenvalue weighted by Gasteiger charge is 1.96. The first-order valence-electron chi connectivity index (χ1n) is 5.21. The van der Waals surface area contributed by atoms with Gasteiger partial charge in [0.1, 0.15) is 0 Å². The van der Waals surface area contributed by atoms with Gasteiger partial charge in [0.15, 0.2) is 0 Å². The van der Waals surface area contributed by atoms with Crippen molar-refractivity contribution in [2.75, 3.05) is 11.2 Å². The summed E-state index contributed by atoms with van der Waals surface area (Å²) in [5.41, 5.74) is 3.06. The standard InChI is InChI=1S/C13H13NO2S/c15-17(16)10-14-13-8-6-12(7-9-13)11-4-2-1-3-5-11/h1-9,14H,10H2,(H,15,16)/p-1. The van der Waals surface area contributed by atoms with E-state index in [4.69, 9.17) is 0 Å². The van der Waals surface area contributed by atoms with Crippen molar-refractivity contribution in [2.24, 2.45) is 0 Å². The number of benzene rings is 2. The molecular weight excluding hydrogens is 234 g/mol. The molecule has 0 heterocycles. The maximum atomic E-state index is 10.4. The van der Waals surface area contributed by atoms with E-state index in [0.717, 1.165) is 16.8 Å². The predicted molar refractivity (Wildman–Crippen MR) is 69.3 cm³/mol. The van der Waals surface area contributed by atoms with Gasteiger partial charge in [0.2, 0.25) is 0 Å². The van der Waals surface area contributed by atoms with E-state index in [1.807, 2.05) is 54.6 Å². The third-order valence-electron chi connectivity index (χ3n) is 2.39. The third kappa shape index (κ3) is 3.41. The first kappa shape index (κ1) is 11.8. The predicted octanol–water partition coefficient (Wildman–Crippen LogP) is 2.60. The molecular formula is C13H12NO2S-. The van der Waals surface area contributed by atoms with E-state index >= 15 is 0 Å². The maximum Gasteiger partial charge on any atom is 0.0777 e. The SMILES string of the molecule is O=S([O-])CNc1ccc(-c2ccccc2)cc1. The second kappa shape index (κ2) is 5.61. The molecule has 2 rings (SSSR count). The molecule has 0 aliphatic carbocycles.